The van der Waals surface area contributed by atoms with Crippen LogP contribution in [0.3, 0.4) is 0 Å². The summed E-state index contributed by atoms with van der Waals surface area (Å²) in [6.45, 7) is 0. The monoisotopic (exact) mass is 397 g/mol. The molecule has 1 amide bonds. The number of anilines is 1. The number of hydrogen-bond donors (Lipinski definition) is 2. The molecule has 0 spiro atoms. The highest BCUT2D eigenvalue weighted by Crippen LogP contribution is 2.52. The van der Waals surface area contributed by atoms with Crippen molar-refractivity contribution in [2.45, 2.75) is 44.1 Å². The van der Waals surface area contributed by atoms with Crippen molar-refractivity contribution in [1.82, 2.24) is 5.32 Å². The first-order valence-electron chi connectivity index (χ1n) is 9.48. The summed E-state index contributed by atoms with van der Waals surface area (Å²) < 4.78 is 26.4. The van der Waals surface area contributed by atoms with Crippen LogP contribution in [0.25, 0.3) is 10.8 Å². The molecule has 6 nitrogen and oxygen atoms in total. The number of amides is 1. The third kappa shape index (κ3) is 3.33. The molecular weight excluding hydrogens is 374 g/mol. The van der Waals surface area contributed by atoms with Gasteiger partial charge in [-0.3, -0.25) is 9.52 Å². The van der Waals surface area contributed by atoms with E-state index in [4.69, 9.17) is 0 Å². The van der Waals surface area contributed by atoms with Gasteiger partial charge in [-0.05, 0) is 50.0 Å². The van der Waals surface area contributed by atoms with Gasteiger partial charge in [0.1, 0.15) is 0 Å². The Morgan fingerprint density at radius 3 is 2.29 bits per heavy atom. The predicted octanol–water partition coefficient (Wildman–Crippen LogP) is 3.56. The lowest BCUT2D eigenvalue weighted by Crippen LogP contribution is -2.56. The third-order valence-electron chi connectivity index (χ3n) is 6.32. The van der Waals surface area contributed by atoms with Gasteiger partial charge in [0.05, 0.1) is 29.0 Å². The van der Waals surface area contributed by atoms with Crippen LogP contribution in [0.4, 0.5) is 5.69 Å². The van der Waals surface area contributed by atoms with E-state index in [0.717, 1.165) is 50.2 Å². The maximum absolute atomic E-state index is 13.2. The second kappa shape index (κ2) is 6.49. The number of nitrogens with zero attached hydrogens (tertiary/aromatic N) is 1. The number of carbonyl (C=O) groups excluding carboxylic acids is 1. The van der Waals surface area contributed by atoms with E-state index in [9.17, 15) is 18.5 Å². The second-order valence-electron chi connectivity index (χ2n) is 8.21. The van der Waals surface area contributed by atoms with Crippen molar-refractivity contribution in [2.24, 2.45) is 5.41 Å². The van der Waals surface area contributed by atoms with Gasteiger partial charge in [-0.15, -0.1) is 0 Å². The fraction of sp³-hybridized carbons (Fsp3) is 0.429. The van der Waals surface area contributed by atoms with Crippen molar-refractivity contribution >= 4 is 32.4 Å². The van der Waals surface area contributed by atoms with Crippen LogP contribution in [-0.4, -0.2) is 26.1 Å². The minimum absolute atomic E-state index is 0.224. The molecule has 5 rings (SSSR count). The maximum Gasteiger partial charge on any atom is 0.253 e. The van der Waals surface area contributed by atoms with E-state index in [1.807, 2.05) is 24.3 Å². The Kier molecular flexibility index (Phi) is 4.35. The molecule has 0 aromatic heterocycles. The summed E-state index contributed by atoms with van der Waals surface area (Å²) in [5.41, 5.74) is 0.107. The van der Waals surface area contributed by atoms with Crippen LogP contribution < -0.4 is 10.0 Å². The average Bonchev–Trinajstić information content (AvgIpc) is 2.68. The molecule has 0 radical (unpaired) electrons. The van der Waals surface area contributed by atoms with Crippen LogP contribution in [0.1, 0.15) is 48.9 Å². The van der Waals surface area contributed by atoms with Gasteiger partial charge in [-0.2, -0.15) is 5.26 Å². The van der Waals surface area contributed by atoms with Crippen molar-refractivity contribution in [3.8, 4) is 6.07 Å². The maximum atomic E-state index is 13.2. The minimum Gasteiger partial charge on any atom is -0.347 e. The Balaban J connectivity index is 1.68. The number of fused-ring (bicyclic) bond motifs is 4. The van der Waals surface area contributed by atoms with Gasteiger partial charge in [0.25, 0.3) is 5.91 Å². The molecule has 2 aromatic rings. The number of benzene rings is 2. The molecule has 3 aliphatic rings. The molecule has 3 saturated carbocycles. The van der Waals surface area contributed by atoms with Crippen LogP contribution in [0.5, 0.6) is 0 Å². The fourth-order valence-corrected chi connectivity index (χ4v) is 5.20. The molecule has 7 heteroatoms. The van der Waals surface area contributed by atoms with E-state index >= 15 is 0 Å². The summed E-state index contributed by atoms with van der Waals surface area (Å²) in [5, 5.41) is 14.2. The summed E-state index contributed by atoms with van der Waals surface area (Å²) in [5.74, 6) is -0.275. The van der Waals surface area contributed by atoms with Gasteiger partial charge in [0.15, 0.2) is 0 Å². The van der Waals surface area contributed by atoms with Gasteiger partial charge in [-0.25, -0.2) is 8.42 Å². The molecule has 3 aliphatic carbocycles. The third-order valence-corrected chi connectivity index (χ3v) is 6.90. The normalized spacial score (nSPS) is 26.6. The zero-order valence-corrected chi connectivity index (χ0v) is 16.6. The van der Waals surface area contributed by atoms with E-state index in [0.29, 0.717) is 16.6 Å². The number of hydrogen-bond acceptors (Lipinski definition) is 4. The Bertz CT molecular complexity index is 1080. The summed E-state index contributed by atoms with van der Waals surface area (Å²) in [4.78, 5) is 13.2. The highest BCUT2D eigenvalue weighted by molar-refractivity contribution is 7.92. The number of rotatable bonds is 4. The van der Waals surface area contributed by atoms with Crippen molar-refractivity contribution in [3.05, 3.63) is 42.0 Å². The largest absolute Gasteiger partial charge is 0.347 e. The summed E-state index contributed by atoms with van der Waals surface area (Å²) in [7, 11) is -3.55. The zero-order valence-electron chi connectivity index (χ0n) is 15.8. The van der Waals surface area contributed by atoms with Gasteiger partial charge in [0.2, 0.25) is 10.0 Å². The fourth-order valence-electron chi connectivity index (χ4n) is 4.61. The second-order valence-corrected chi connectivity index (χ2v) is 9.96. The summed E-state index contributed by atoms with van der Waals surface area (Å²) in [6.07, 6.45) is 5.85. The Morgan fingerprint density at radius 2 is 1.68 bits per heavy atom. The molecule has 0 aliphatic heterocycles. The topological polar surface area (TPSA) is 99.1 Å². The van der Waals surface area contributed by atoms with Crippen LogP contribution in [0, 0.1) is 16.7 Å². The number of sulfonamides is 1. The molecule has 0 atom stereocenters. The van der Waals surface area contributed by atoms with Gasteiger partial charge >= 0.3 is 0 Å². The lowest BCUT2D eigenvalue weighted by molar-refractivity contribution is 0.0522. The van der Waals surface area contributed by atoms with Crippen LogP contribution in [0.2, 0.25) is 0 Å². The molecule has 146 valence electrons. The van der Waals surface area contributed by atoms with Gasteiger partial charge < -0.3 is 5.32 Å². The Morgan fingerprint density at radius 1 is 1.04 bits per heavy atom. The smallest absolute Gasteiger partial charge is 0.253 e. The molecule has 0 saturated heterocycles. The SMILES string of the molecule is CS(=O)(=O)Nc1c(C(=O)NC23CCC(C#N)(CC2)CC3)ccc2ccccc12. The first-order valence-corrected chi connectivity index (χ1v) is 11.4. The van der Waals surface area contributed by atoms with Crippen LogP contribution >= 0.6 is 0 Å². The molecule has 2 aromatic carbocycles. The van der Waals surface area contributed by atoms with Crippen molar-refractivity contribution < 1.29 is 13.2 Å². The van der Waals surface area contributed by atoms with Crippen LogP contribution in [0.15, 0.2) is 36.4 Å². The van der Waals surface area contributed by atoms with Gasteiger partial charge in [-0.1, -0.05) is 30.3 Å². The average molecular weight is 398 g/mol. The van der Waals surface area contributed by atoms with E-state index in [2.05, 4.69) is 16.1 Å². The lowest BCUT2D eigenvalue weighted by Gasteiger charge is -2.50. The zero-order chi connectivity index (χ0) is 20.0. The van der Waals surface area contributed by atoms with E-state index in [-0.39, 0.29) is 16.9 Å². The Hall–Kier alpha value is -2.59. The van der Waals surface area contributed by atoms with E-state index in [1.165, 1.54) is 0 Å². The first-order chi connectivity index (χ1) is 13.2. The number of nitriles is 1. The lowest BCUT2D eigenvalue weighted by atomic mass is 9.58. The summed E-state index contributed by atoms with van der Waals surface area (Å²) in [6, 6.07) is 13.4. The highest BCUT2D eigenvalue weighted by Gasteiger charge is 2.49. The molecule has 3 fully saturated rings. The summed E-state index contributed by atoms with van der Waals surface area (Å²) >= 11 is 0. The quantitative estimate of drug-likeness (QED) is 0.824. The molecular formula is C21H23N3O3S. The number of nitrogens with one attached hydrogen (secondary N) is 2. The van der Waals surface area contributed by atoms with E-state index in [1.54, 1.807) is 12.1 Å². The molecule has 0 unspecified atom stereocenters. The highest BCUT2D eigenvalue weighted by atomic mass is 32.2. The molecule has 2 N–H and O–H groups in total. The standard InChI is InChI=1S/C21H23N3O3S/c1-28(26,27)24-18-16-5-3-2-4-15(16)6-7-17(18)19(25)23-21-11-8-20(14-22,9-12-21)10-13-21/h2-7,24H,8-13H2,1H3,(H,23,25). The van der Waals surface area contributed by atoms with Crippen molar-refractivity contribution in [3.63, 3.8) is 0 Å². The Labute approximate surface area is 165 Å². The first kappa shape index (κ1) is 18.8. The predicted molar refractivity (Wildman–Crippen MR) is 108 cm³/mol. The minimum atomic E-state index is -3.55. The van der Waals surface area contributed by atoms with Crippen molar-refractivity contribution in [2.75, 3.05) is 11.0 Å². The molecule has 2 bridgehead atoms. The molecule has 28 heavy (non-hydrogen) atoms. The van der Waals surface area contributed by atoms with Gasteiger partial charge in [0, 0.05) is 10.9 Å². The van der Waals surface area contributed by atoms with Crippen molar-refractivity contribution in [1.29, 1.82) is 5.26 Å². The number of carbonyl (C=O) groups is 1. The van der Waals surface area contributed by atoms with Crippen LogP contribution in [-0.2, 0) is 10.0 Å². The molecule has 0 heterocycles. The van der Waals surface area contributed by atoms with E-state index < -0.39 is 10.0 Å².